The number of anilines is 2. The van der Waals surface area contributed by atoms with Gasteiger partial charge in [0.2, 0.25) is 0 Å². The number of alkyl carbamates (subject to hydrolysis) is 1. The molecule has 3 N–H and O–H groups in total. The van der Waals surface area contributed by atoms with Gasteiger partial charge in [0.15, 0.2) is 11.6 Å². The summed E-state index contributed by atoms with van der Waals surface area (Å²) in [5, 5.41) is 3.36. The van der Waals surface area contributed by atoms with Gasteiger partial charge in [-0.25, -0.2) is 4.79 Å². The van der Waals surface area contributed by atoms with E-state index >= 15 is 0 Å². The Labute approximate surface area is 192 Å². The lowest BCUT2D eigenvalue weighted by Crippen LogP contribution is -2.30. The molecule has 0 unspecified atom stereocenters. The first kappa shape index (κ1) is 23.7. The number of amides is 1. The quantitative estimate of drug-likeness (QED) is 0.425. The van der Waals surface area contributed by atoms with E-state index in [0.717, 1.165) is 18.4 Å². The van der Waals surface area contributed by atoms with Crippen LogP contribution in [-0.2, 0) is 17.7 Å². The number of ether oxygens (including phenoxy) is 1. The molecule has 10 heteroatoms. The van der Waals surface area contributed by atoms with E-state index < -0.39 is 12.2 Å². The van der Waals surface area contributed by atoms with E-state index in [-0.39, 0.29) is 12.4 Å². The van der Waals surface area contributed by atoms with E-state index in [2.05, 4.69) is 34.1 Å². The molecule has 0 aliphatic carbocycles. The summed E-state index contributed by atoms with van der Waals surface area (Å²) in [7, 11) is 0. The van der Waals surface area contributed by atoms with E-state index in [0.29, 0.717) is 48.5 Å². The monoisotopic (exact) mass is 462 g/mol. The highest BCUT2D eigenvalue weighted by Gasteiger charge is 2.20. The minimum absolute atomic E-state index is 0.0169. The maximum atomic E-state index is 13.5. The molecule has 8 nitrogen and oxygen atoms in total. The van der Waals surface area contributed by atoms with Gasteiger partial charge in [0.05, 0.1) is 13.2 Å². The summed E-state index contributed by atoms with van der Waals surface area (Å²) in [4.78, 5) is 25.4. The number of aromatic nitrogens is 2. The Balaban J connectivity index is 1.39. The number of carbonyl (C=O) groups excluding carboxylic acids is 1. The second-order valence-electron chi connectivity index (χ2n) is 8.03. The van der Waals surface area contributed by atoms with E-state index in [4.69, 9.17) is 22.1 Å². The Kier molecular flexibility index (Phi) is 8.21. The predicted molar refractivity (Wildman–Crippen MR) is 124 cm³/mol. The van der Waals surface area contributed by atoms with Crippen LogP contribution in [0.1, 0.15) is 37.8 Å². The number of halogens is 2. The van der Waals surface area contributed by atoms with Crippen molar-refractivity contribution in [3.05, 3.63) is 40.4 Å². The third kappa shape index (κ3) is 6.53. The standard InChI is InChI=1S/C22H28ClFN6O2/c1-14(2)11-15-5-6-17(23)16(12-15)13-27-22(31)32-10-4-3-8-30-9-7-26-18-19(25)28-21(24)29-20(18)30/h5-7,12,14H,3-4,8-11,13H2,1-2H3,(H,27,31)(H2,25,28,29). The predicted octanol–water partition coefficient (Wildman–Crippen LogP) is 4.28. The van der Waals surface area contributed by atoms with Gasteiger partial charge in [-0.1, -0.05) is 37.6 Å². The van der Waals surface area contributed by atoms with Gasteiger partial charge in [-0.15, -0.1) is 0 Å². The molecule has 0 atom stereocenters. The van der Waals surface area contributed by atoms with Crippen molar-refractivity contribution in [3.8, 4) is 0 Å². The Hall–Kier alpha value is -2.94. The number of hydrogen-bond donors (Lipinski definition) is 2. The number of nitrogens with two attached hydrogens (primary N) is 1. The number of unbranched alkanes of at least 4 members (excludes halogenated alkanes) is 1. The molecule has 0 saturated carbocycles. The van der Waals surface area contributed by atoms with Crippen LogP contribution in [0.2, 0.25) is 5.02 Å². The molecule has 0 bridgehead atoms. The van der Waals surface area contributed by atoms with E-state index in [1.165, 1.54) is 5.56 Å². The third-order valence-corrected chi connectivity index (χ3v) is 5.29. The molecule has 172 valence electrons. The van der Waals surface area contributed by atoms with Crippen molar-refractivity contribution in [3.63, 3.8) is 0 Å². The number of rotatable bonds is 9. The van der Waals surface area contributed by atoms with Gasteiger partial charge >= 0.3 is 12.2 Å². The van der Waals surface area contributed by atoms with Crippen molar-refractivity contribution in [2.24, 2.45) is 10.9 Å². The number of benzene rings is 1. The number of aliphatic imine (C=N–C) groups is 1. The van der Waals surface area contributed by atoms with Gasteiger partial charge in [0.25, 0.3) is 0 Å². The smallest absolute Gasteiger partial charge is 0.407 e. The Morgan fingerprint density at radius 3 is 2.94 bits per heavy atom. The highest BCUT2D eigenvalue weighted by molar-refractivity contribution is 6.31. The van der Waals surface area contributed by atoms with Gasteiger partial charge < -0.3 is 20.7 Å². The summed E-state index contributed by atoms with van der Waals surface area (Å²) < 4.78 is 18.8. The van der Waals surface area contributed by atoms with Crippen molar-refractivity contribution in [1.29, 1.82) is 0 Å². The van der Waals surface area contributed by atoms with Crippen LogP contribution in [0.15, 0.2) is 23.2 Å². The SMILES string of the molecule is CC(C)Cc1ccc(Cl)c(CNC(=O)OCCCCN2CC=Nc3c(N)nc(F)nc32)c1. The Morgan fingerprint density at radius 2 is 2.16 bits per heavy atom. The first-order valence-corrected chi connectivity index (χ1v) is 11.0. The summed E-state index contributed by atoms with van der Waals surface area (Å²) in [6, 6.07) is 5.88. The fraction of sp³-hybridized carbons (Fsp3) is 0.455. The van der Waals surface area contributed by atoms with Crippen LogP contribution in [0.3, 0.4) is 0 Å². The van der Waals surface area contributed by atoms with Gasteiger partial charge in [0.1, 0.15) is 5.69 Å². The van der Waals surface area contributed by atoms with Crippen LogP contribution >= 0.6 is 11.6 Å². The summed E-state index contributed by atoms with van der Waals surface area (Å²) in [6.45, 7) is 5.98. The van der Waals surface area contributed by atoms with Crippen LogP contribution < -0.4 is 16.0 Å². The van der Waals surface area contributed by atoms with Gasteiger partial charge in [-0.3, -0.25) is 4.99 Å². The summed E-state index contributed by atoms with van der Waals surface area (Å²) in [5.41, 5.74) is 8.15. The number of hydrogen-bond acceptors (Lipinski definition) is 7. The molecule has 2 aromatic rings. The molecular formula is C22H28ClFN6O2. The fourth-order valence-corrected chi connectivity index (χ4v) is 3.63. The first-order valence-electron chi connectivity index (χ1n) is 10.6. The van der Waals surface area contributed by atoms with Gasteiger partial charge in [0, 0.05) is 24.3 Å². The normalized spacial score (nSPS) is 12.7. The summed E-state index contributed by atoms with van der Waals surface area (Å²) in [6.07, 6.45) is 2.63. The van der Waals surface area contributed by atoms with Crippen molar-refractivity contribution < 1.29 is 13.9 Å². The highest BCUT2D eigenvalue weighted by Crippen LogP contribution is 2.33. The van der Waals surface area contributed by atoms with Crippen LogP contribution in [0.5, 0.6) is 0 Å². The lowest BCUT2D eigenvalue weighted by molar-refractivity contribution is 0.143. The summed E-state index contributed by atoms with van der Waals surface area (Å²) >= 11 is 6.24. The third-order valence-electron chi connectivity index (χ3n) is 4.92. The molecule has 1 aromatic heterocycles. The van der Waals surface area contributed by atoms with Crippen molar-refractivity contribution in [2.45, 2.75) is 39.7 Å². The van der Waals surface area contributed by atoms with Gasteiger partial charge in [-0.2, -0.15) is 14.4 Å². The molecular weight excluding hydrogens is 435 g/mol. The lowest BCUT2D eigenvalue weighted by atomic mass is 10.0. The minimum atomic E-state index is -0.877. The average Bonchev–Trinajstić information content (AvgIpc) is 2.73. The molecule has 2 heterocycles. The van der Waals surface area contributed by atoms with Crippen molar-refractivity contribution in [2.75, 3.05) is 30.3 Å². The highest BCUT2D eigenvalue weighted by atomic mass is 35.5. The number of nitrogens with zero attached hydrogens (tertiary/aromatic N) is 4. The second kappa shape index (κ2) is 11.1. The molecule has 0 fully saturated rings. The molecule has 0 saturated heterocycles. The number of fused-ring (bicyclic) bond motifs is 1. The fourth-order valence-electron chi connectivity index (χ4n) is 3.44. The molecule has 3 rings (SSSR count). The van der Waals surface area contributed by atoms with E-state index in [9.17, 15) is 9.18 Å². The largest absolute Gasteiger partial charge is 0.450 e. The minimum Gasteiger partial charge on any atom is -0.450 e. The maximum absolute atomic E-state index is 13.5. The average molecular weight is 463 g/mol. The molecule has 1 amide bonds. The van der Waals surface area contributed by atoms with Crippen molar-refractivity contribution in [1.82, 2.24) is 15.3 Å². The van der Waals surface area contributed by atoms with Crippen molar-refractivity contribution >= 4 is 41.2 Å². The van der Waals surface area contributed by atoms with Crippen LogP contribution in [0, 0.1) is 12.0 Å². The number of nitrogens with one attached hydrogen (secondary N) is 1. The maximum Gasteiger partial charge on any atom is 0.407 e. The van der Waals surface area contributed by atoms with Crippen LogP contribution in [-0.4, -0.2) is 42.0 Å². The second-order valence-corrected chi connectivity index (χ2v) is 8.44. The topological polar surface area (TPSA) is 106 Å². The lowest BCUT2D eigenvalue weighted by Gasteiger charge is -2.26. The zero-order valence-electron chi connectivity index (χ0n) is 18.3. The Morgan fingerprint density at radius 1 is 1.34 bits per heavy atom. The first-order chi connectivity index (χ1) is 15.3. The number of nitrogen functional groups attached to an aromatic ring is 1. The molecule has 32 heavy (non-hydrogen) atoms. The zero-order valence-corrected chi connectivity index (χ0v) is 19.0. The van der Waals surface area contributed by atoms with Crippen LogP contribution in [0.4, 0.5) is 26.5 Å². The van der Waals surface area contributed by atoms with Crippen LogP contribution in [0.25, 0.3) is 0 Å². The number of carbonyl (C=O) groups is 1. The molecule has 0 spiro atoms. The van der Waals surface area contributed by atoms with Gasteiger partial charge in [-0.05, 0) is 42.4 Å². The van der Waals surface area contributed by atoms with E-state index in [1.807, 2.05) is 23.1 Å². The molecule has 1 aromatic carbocycles. The summed E-state index contributed by atoms with van der Waals surface area (Å²) in [5.74, 6) is 0.938. The zero-order chi connectivity index (χ0) is 23.1. The van der Waals surface area contributed by atoms with E-state index in [1.54, 1.807) is 6.21 Å². The molecule has 0 radical (unpaired) electrons. The Bertz CT molecular complexity index is 985. The molecule has 1 aliphatic rings. The molecule has 1 aliphatic heterocycles.